The van der Waals surface area contributed by atoms with Crippen LogP contribution >= 0.6 is 0 Å². The summed E-state index contributed by atoms with van der Waals surface area (Å²) in [5.41, 5.74) is 2.08. The van der Waals surface area contributed by atoms with E-state index in [0.29, 0.717) is 28.6 Å². The van der Waals surface area contributed by atoms with Crippen molar-refractivity contribution in [1.82, 2.24) is 4.98 Å². The minimum absolute atomic E-state index is 0.0292. The van der Waals surface area contributed by atoms with Crippen molar-refractivity contribution in [3.63, 3.8) is 0 Å². The third kappa shape index (κ3) is 2.35. The van der Waals surface area contributed by atoms with Crippen molar-refractivity contribution >= 4 is 16.8 Å². The van der Waals surface area contributed by atoms with Crippen molar-refractivity contribution in [1.29, 1.82) is 0 Å². The van der Waals surface area contributed by atoms with Crippen LogP contribution in [0.25, 0.3) is 22.6 Å². The number of hydrogen-bond donors (Lipinski definition) is 0. The number of nitrogens with zero attached hydrogens (tertiary/aromatic N) is 2. The number of non-ortho nitro benzene ring substituents is 1. The Morgan fingerprint density at radius 1 is 1.33 bits per heavy atom. The molecule has 0 N–H and O–H groups in total. The molecule has 0 saturated heterocycles. The summed E-state index contributed by atoms with van der Waals surface area (Å²) in [7, 11) is 0. The number of hydrogen-bond acceptors (Lipinski definition) is 4. The quantitative estimate of drug-likeness (QED) is 0.536. The number of aromatic nitrogens is 1. The van der Waals surface area contributed by atoms with Crippen LogP contribution in [0.15, 0.2) is 40.8 Å². The van der Waals surface area contributed by atoms with Crippen molar-refractivity contribution in [2.75, 3.05) is 0 Å². The largest absolute Gasteiger partial charge is 0.436 e. The van der Waals surface area contributed by atoms with Crippen LogP contribution in [0.1, 0.15) is 12.5 Å². The predicted molar refractivity (Wildman–Crippen MR) is 75.4 cm³/mol. The van der Waals surface area contributed by atoms with Crippen molar-refractivity contribution in [2.24, 2.45) is 0 Å². The molecule has 0 aliphatic heterocycles. The molecule has 3 aromatic rings. The maximum absolute atomic E-state index is 13.3. The molecule has 0 saturated carbocycles. The zero-order valence-electron chi connectivity index (χ0n) is 11.2. The Balaban J connectivity index is 2.21. The zero-order valence-corrected chi connectivity index (χ0v) is 11.2. The number of rotatable bonds is 3. The van der Waals surface area contributed by atoms with E-state index in [-0.39, 0.29) is 11.6 Å². The van der Waals surface area contributed by atoms with Gasteiger partial charge in [-0.05, 0) is 24.6 Å². The molecule has 0 aliphatic carbocycles. The minimum atomic E-state index is -0.463. The molecule has 21 heavy (non-hydrogen) atoms. The number of halogens is 1. The van der Waals surface area contributed by atoms with E-state index >= 15 is 0 Å². The van der Waals surface area contributed by atoms with Gasteiger partial charge in [0.05, 0.1) is 4.92 Å². The first kappa shape index (κ1) is 13.2. The van der Waals surface area contributed by atoms with Gasteiger partial charge in [-0.15, -0.1) is 0 Å². The molecule has 1 heterocycles. The summed E-state index contributed by atoms with van der Waals surface area (Å²) in [5, 5.41) is 10.9. The van der Waals surface area contributed by atoms with Crippen LogP contribution in [-0.4, -0.2) is 9.91 Å². The highest BCUT2D eigenvalue weighted by Gasteiger charge is 2.17. The van der Waals surface area contributed by atoms with E-state index in [0.717, 1.165) is 0 Å². The smallest absolute Gasteiger partial charge is 0.272 e. The molecular weight excluding hydrogens is 275 g/mol. The molecule has 0 bridgehead atoms. The molecule has 106 valence electrons. The standard InChI is InChI=1S/C15H11FN2O3/c1-2-9-7-12(18(19)20)8-13-14(9)21-15(17-13)10-4-3-5-11(16)6-10/h3-8H,2H2,1H3. The fourth-order valence-corrected chi connectivity index (χ4v) is 2.20. The Labute approximate surface area is 119 Å². The molecule has 0 amide bonds. The lowest BCUT2D eigenvalue weighted by Gasteiger charge is -1.97. The number of fused-ring (bicyclic) bond motifs is 1. The van der Waals surface area contributed by atoms with Crippen LogP contribution in [0.5, 0.6) is 0 Å². The van der Waals surface area contributed by atoms with Gasteiger partial charge in [-0.25, -0.2) is 9.37 Å². The van der Waals surface area contributed by atoms with Gasteiger partial charge in [-0.2, -0.15) is 0 Å². The zero-order chi connectivity index (χ0) is 15.0. The monoisotopic (exact) mass is 286 g/mol. The molecule has 0 aliphatic rings. The first-order valence-electron chi connectivity index (χ1n) is 6.42. The predicted octanol–water partition coefficient (Wildman–Crippen LogP) is 4.10. The van der Waals surface area contributed by atoms with Gasteiger partial charge >= 0.3 is 0 Å². The molecule has 0 unspecified atom stereocenters. The number of benzene rings is 2. The normalized spacial score (nSPS) is 11.0. The average molecular weight is 286 g/mol. The van der Waals surface area contributed by atoms with Gasteiger partial charge in [0.25, 0.3) is 5.69 Å². The van der Waals surface area contributed by atoms with Gasteiger partial charge in [-0.1, -0.05) is 13.0 Å². The molecular formula is C15H11FN2O3. The van der Waals surface area contributed by atoms with Crippen molar-refractivity contribution in [3.8, 4) is 11.5 Å². The summed E-state index contributed by atoms with van der Waals surface area (Å²) in [6.45, 7) is 1.88. The number of nitro groups is 1. The molecule has 6 heteroatoms. The molecule has 0 spiro atoms. The lowest BCUT2D eigenvalue weighted by atomic mass is 10.1. The summed E-state index contributed by atoms with van der Waals surface area (Å²) in [5.74, 6) is -0.142. The summed E-state index contributed by atoms with van der Waals surface area (Å²) in [6.07, 6.45) is 0.579. The lowest BCUT2D eigenvalue weighted by molar-refractivity contribution is -0.384. The van der Waals surface area contributed by atoms with Crippen LogP contribution < -0.4 is 0 Å². The lowest BCUT2D eigenvalue weighted by Crippen LogP contribution is -1.90. The first-order valence-corrected chi connectivity index (χ1v) is 6.42. The Bertz CT molecular complexity index is 842. The van der Waals surface area contributed by atoms with Crippen molar-refractivity contribution in [3.05, 3.63) is 57.9 Å². The van der Waals surface area contributed by atoms with Crippen LogP contribution in [0.2, 0.25) is 0 Å². The van der Waals surface area contributed by atoms with Gasteiger partial charge < -0.3 is 4.42 Å². The molecule has 0 fully saturated rings. The fourth-order valence-electron chi connectivity index (χ4n) is 2.20. The fraction of sp³-hybridized carbons (Fsp3) is 0.133. The Hall–Kier alpha value is -2.76. The van der Waals surface area contributed by atoms with Gasteiger partial charge in [0, 0.05) is 23.3 Å². The van der Waals surface area contributed by atoms with Crippen LogP contribution in [0.4, 0.5) is 10.1 Å². The summed E-state index contributed by atoms with van der Waals surface area (Å²) in [4.78, 5) is 14.7. The summed E-state index contributed by atoms with van der Waals surface area (Å²) in [6, 6.07) is 8.71. The Kier molecular flexibility index (Phi) is 3.13. The van der Waals surface area contributed by atoms with Crippen molar-refractivity contribution < 1.29 is 13.7 Å². The molecule has 0 atom stereocenters. The molecule has 3 rings (SSSR count). The van der Waals surface area contributed by atoms with Crippen molar-refractivity contribution in [2.45, 2.75) is 13.3 Å². The highest BCUT2D eigenvalue weighted by molar-refractivity contribution is 5.82. The second-order valence-electron chi connectivity index (χ2n) is 4.59. The summed E-state index contributed by atoms with van der Waals surface area (Å²) >= 11 is 0. The van der Waals surface area contributed by atoms with E-state index in [1.807, 2.05) is 6.92 Å². The van der Waals surface area contributed by atoms with Gasteiger partial charge in [0.15, 0.2) is 5.58 Å². The molecule has 5 nitrogen and oxygen atoms in total. The number of oxazole rings is 1. The van der Waals surface area contributed by atoms with E-state index in [1.165, 1.54) is 24.3 Å². The molecule has 2 aromatic carbocycles. The number of aryl methyl sites for hydroxylation is 1. The molecule has 0 radical (unpaired) electrons. The average Bonchev–Trinajstić information content (AvgIpc) is 2.90. The van der Waals surface area contributed by atoms with Gasteiger partial charge in [0.2, 0.25) is 5.89 Å². The molecule has 1 aromatic heterocycles. The Morgan fingerprint density at radius 3 is 2.81 bits per heavy atom. The minimum Gasteiger partial charge on any atom is -0.436 e. The SMILES string of the molecule is CCc1cc([N+](=O)[O-])cc2nc(-c3cccc(F)c3)oc12. The van der Waals surface area contributed by atoms with E-state index in [1.54, 1.807) is 12.1 Å². The van der Waals surface area contributed by atoms with Gasteiger partial charge in [0.1, 0.15) is 11.3 Å². The topological polar surface area (TPSA) is 69.2 Å². The second-order valence-corrected chi connectivity index (χ2v) is 4.59. The van der Waals surface area contributed by atoms with E-state index in [4.69, 9.17) is 4.42 Å². The highest BCUT2D eigenvalue weighted by Crippen LogP contribution is 2.30. The van der Waals surface area contributed by atoms with E-state index in [9.17, 15) is 14.5 Å². The first-order chi connectivity index (χ1) is 10.1. The van der Waals surface area contributed by atoms with Crippen LogP contribution in [-0.2, 0) is 6.42 Å². The van der Waals surface area contributed by atoms with Crippen LogP contribution in [0, 0.1) is 15.9 Å². The third-order valence-electron chi connectivity index (χ3n) is 3.22. The Morgan fingerprint density at radius 2 is 2.14 bits per heavy atom. The highest BCUT2D eigenvalue weighted by atomic mass is 19.1. The van der Waals surface area contributed by atoms with Crippen LogP contribution in [0.3, 0.4) is 0 Å². The maximum atomic E-state index is 13.3. The number of nitro benzene ring substituents is 1. The van der Waals surface area contributed by atoms with Gasteiger partial charge in [-0.3, -0.25) is 10.1 Å². The third-order valence-corrected chi connectivity index (χ3v) is 3.22. The summed E-state index contributed by atoms with van der Waals surface area (Å²) < 4.78 is 18.9. The maximum Gasteiger partial charge on any atom is 0.272 e. The van der Waals surface area contributed by atoms with E-state index < -0.39 is 10.7 Å². The van der Waals surface area contributed by atoms with E-state index in [2.05, 4.69) is 4.98 Å². The second kappa shape index (κ2) is 4.97.